The van der Waals surface area contributed by atoms with Gasteiger partial charge in [0.1, 0.15) is 5.82 Å². The lowest BCUT2D eigenvalue weighted by molar-refractivity contribution is 0.606. The summed E-state index contributed by atoms with van der Waals surface area (Å²) in [5, 5.41) is 8.76. The number of hydrogen-bond acceptors (Lipinski definition) is 2. The molecule has 3 aromatic rings. The quantitative estimate of drug-likeness (QED) is 0.555. The first-order valence-electron chi connectivity index (χ1n) is 8.28. The van der Waals surface area contributed by atoms with Crippen LogP contribution in [0.3, 0.4) is 0 Å². The molecule has 0 amide bonds. The van der Waals surface area contributed by atoms with Gasteiger partial charge in [0.15, 0.2) is 5.96 Å². The fourth-order valence-electron chi connectivity index (χ4n) is 2.73. The summed E-state index contributed by atoms with van der Waals surface area (Å²) in [4.78, 5) is 8.67. The lowest BCUT2D eigenvalue weighted by atomic mass is 10.1. The van der Waals surface area contributed by atoms with Gasteiger partial charge in [0.2, 0.25) is 0 Å². The van der Waals surface area contributed by atoms with E-state index in [1.54, 1.807) is 19.2 Å². The van der Waals surface area contributed by atoms with Crippen molar-refractivity contribution in [3.05, 3.63) is 77.9 Å². The van der Waals surface area contributed by atoms with E-state index in [1.165, 1.54) is 6.07 Å². The summed E-state index contributed by atoms with van der Waals surface area (Å²) in [6.45, 7) is 1.17. The second-order valence-corrected chi connectivity index (χ2v) is 5.67. The molecular formula is C20H21FN4. The number of aliphatic imine (C=N–C) groups is 1. The summed E-state index contributed by atoms with van der Waals surface area (Å²) < 4.78 is 13.6. The smallest absolute Gasteiger partial charge is 0.191 e. The number of nitrogens with zero attached hydrogens (tertiary/aromatic N) is 2. The number of hydrogen-bond donors (Lipinski definition) is 2. The van der Waals surface area contributed by atoms with E-state index in [-0.39, 0.29) is 5.82 Å². The van der Waals surface area contributed by atoms with Gasteiger partial charge in [0.25, 0.3) is 0 Å². The largest absolute Gasteiger partial charge is 0.356 e. The van der Waals surface area contributed by atoms with E-state index in [4.69, 9.17) is 0 Å². The standard InChI is InChI=1S/C20H21FN4/c1-22-20(24-13-11-16-7-3-5-9-18(16)21)25-14-19-17-8-4-2-6-15(17)10-12-23-19/h2-10,12H,11,13-14H2,1H3,(H2,22,24,25). The maximum Gasteiger partial charge on any atom is 0.191 e. The maximum atomic E-state index is 13.6. The molecule has 4 nitrogen and oxygen atoms in total. The number of guanidine groups is 1. The van der Waals surface area contributed by atoms with Crippen LogP contribution in [-0.4, -0.2) is 24.5 Å². The van der Waals surface area contributed by atoms with Crippen molar-refractivity contribution in [2.45, 2.75) is 13.0 Å². The molecule has 0 saturated heterocycles. The van der Waals surface area contributed by atoms with Gasteiger partial charge in [0, 0.05) is 25.2 Å². The fraction of sp³-hybridized carbons (Fsp3) is 0.200. The van der Waals surface area contributed by atoms with Crippen molar-refractivity contribution in [3.8, 4) is 0 Å². The van der Waals surface area contributed by atoms with Crippen LogP contribution in [0.1, 0.15) is 11.3 Å². The van der Waals surface area contributed by atoms with Crippen LogP contribution in [0.15, 0.2) is 65.8 Å². The van der Waals surface area contributed by atoms with Crippen molar-refractivity contribution in [2.24, 2.45) is 4.99 Å². The number of rotatable bonds is 5. The van der Waals surface area contributed by atoms with Crippen molar-refractivity contribution < 1.29 is 4.39 Å². The van der Waals surface area contributed by atoms with Crippen molar-refractivity contribution in [1.29, 1.82) is 0 Å². The Morgan fingerprint density at radius 2 is 1.84 bits per heavy atom. The predicted octanol–water partition coefficient (Wildman–Crippen LogP) is 3.28. The molecule has 0 bridgehead atoms. The highest BCUT2D eigenvalue weighted by Crippen LogP contribution is 2.15. The molecule has 0 spiro atoms. The predicted molar refractivity (Wildman–Crippen MR) is 100 cm³/mol. The molecule has 3 rings (SSSR count). The molecular weight excluding hydrogens is 315 g/mol. The first kappa shape index (κ1) is 16.9. The van der Waals surface area contributed by atoms with Crippen molar-refractivity contribution in [1.82, 2.24) is 15.6 Å². The monoisotopic (exact) mass is 336 g/mol. The molecule has 0 atom stereocenters. The Morgan fingerprint density at radius 3 is 2.68 bits per heavy atom. The molecule has 0 unspecified atom stereocenters. The molecule has 2 aromatic carbocycles. The van der Waals surface area contributed by atoms with Crippen LogP contribution in [-0.2, 0) is 13.0 Å². The summed E-state index contributed by atoms with van der Waals surface area (Å²) in [7, 11) is 1.72. The Bertz CT molecular complexity index is 871. The van der Waals surface area contributed by atoms with Gasteiger partial charge < -0.3 is 10.6 Å². The average molecular weight is 336 g/mol. The van der Waals surface area contributed by atoms with Gasteiger partial charge in [-0.15, -0.1) is 0 Å². The van der Waals surface area contributed by atoms with E-state index in [0.29, 0.717) is 31.0 Å². The van der Waals surface area contributed by atoms with Crippen LogP contribution in [0.5, 0.6) is 0 Å². The number of pyridine rings is 1. The van der Waals surface area contributed by atoms with E-state index >= 15 is 0 Å². The van der Waals surface area contributed by atoms with E-state index < -0.39 is 0 Å². The van der Waals surface area contributed by atoms with Gasteiger partial charge in [-0.1, -0.05) is 42.5 Å². The topological polar surface area (TPSA) is 49.3 Å². The van der Waals surface area contributed by atoms with Gasteiger partial charge in [-0.2, -0.15) is 0 Å². The Morgan fingerprint density at radius 1 is 1.04 bits per heavy atom. The summed E-state index contributed by atoms with van der Waals surface area (Å²) >= 11 is 0. The number of halogens is 1. The average Bonchev–Trinajstić information content (AvgIpc) is 2.66. The molecule has 1 aromatic heterocycles. The Balaban J connectivity index is 1.57. The third kappa shape index (κ3) is 4.32. The minimum atomic E-state index is -0.174. The van der Waals surface area contributed by atoms with Crippen LogP contribution in [0.25, 0.3) is 10.8 Å². The highest BCUT2D eigenvalue weighted by Gasteiger charge is 2.04. The molecule has 0 saturated carbocycles. The molecule has 0 aliphatic carbocycles. The van der Waals surface area contributed by atoms with Crippen molar-refractivity contribution in [2.75, 3.05) is 13.6 Å². The van der Waals surface area contributed by atoms with Crippen LogP contribution in [0.4, 0.5) is 4.39 Å². The highest BCUT2D eigenvalue weighted by atomic mass is 19.1. The SMILES string of the molecule is CN=C(NCCc1ccccc1F)NCc1nccc2ccccc12. The zero-order valence-electron chi connectivity index (χ0n) is 14.2. The molecule has 0 aliphatic rings. The maximum absolute atomic E-state index is 13.6. The second-order valence-electron chi connectivity index (χ2n) is 5.67. The van der Waals surface area contributed by atoms with E-state index in [2.05, 4.69) is 32.7 Å². The minimum Gasteiger partial charge on any atom is -0.356 e. The second kappa shape index (κ2) is 8.24. The first-order chi connectivity index (χ1) is 12.3. The van der Waals surface area contributed by atoms with Gasteiger partial charge in [-0.05, 0) is 29.5 Å². The minimum absolute atomic E-state index is 0.174. The Kier molecular flexibility index (Phi) is 5.57. The molecule has 0 radical (unpaired) electrons. The van der Waals surface area contributed by atoms with Gasteiger partial charge >= 0.3 is 0 Å². The van der Waals surface area contributed by atoms with Gasteiger partial charge in [-0.3, -0.25) is 9.98 Å². The third-order valence-corrected chi connectivity index (χ3v) is 4.05. The summed E-state index contributed by atoms with van der Waals surface area (Å²) in [5.74, 6) is 0.498. The number of aromatic nitrogens is 1. The number of nitrogens with one attached hydrogen (secondary N) is 2. The van der Waals surface area contributed by atoms with Crippen LogP contribution in [0.2, 0.25) is 0 Å². The normalized spacial score (nSPS) is 11.5. The van der Waals surface area contributed by atoms with E-state index in [0.717, 1.165) is 16.5 Å². The van der Waals surface area contributed by atoms with Crippen LogP contribution >= 0.6 is 0 Å². The molecule has 0 aliphatic heterocycles. The van der Waals surface area contributed by atoms with Crippen molar-refractivity contribution in [3.63, 3.8) is 0 Å². The summed E-state index contributed by atoms with van der Waals surface area (Å²) in [5.41, 5.74) is 1.66. The molecule has 5 heteroatoms. The summed E-state index contributed by atoms with van der Waals surface area (Å²) in [6.07, 6.45) is 2.41. The van der Waals surface area contributed by atoms with Gasteiger partial charge in [-0.25, -0.2) is 4.39 Å². The fourth-order valence-corrected chi connectivity index (χ4v) is 2.73. The first-order valence-corrected chi connectivity index (χ1v) is 8.28. The lowest BCUT2D eigenvalue weighted by Crippen LogP contribution is -2.38. The zero-order chi connectivity index (χ0) is 17.5. The van der Waals surface area contributed by atoms with E-state index in [1.807, 2.05) is 30.5 Å². The Labute approximate surface area is 146 Å². The van der Waals surface area contributed by atoms with Gasteiger partial charge in [0.05, 0.1) is 12.2 Å². The number of benzene rings is 2. The highest BCUT2D eigenvalue weighted by molar-refractivity contribution is 5.85. The zero-order valence-corrected chi connectivity index (χ0v) is 14.2. The van der Waals surface area contributed by atoms with Crippen LogP contribution < -0.4 is 10.6 Å². The molecule has 2 N–H and O–H groups in total. The molecule has 25 heavy (non-hydrogen) atoms. The van der Waals surface area contributed by atoms with E-state index in [9.17, 15) is 4.39 Å². The molecule has 1 heterocycles. The van der Waals surface area contributed by atoms with Crippen LogP contribution in [0, 0.1) is 5.82 Å². The Hall–Kier alpha value is -2.95. The summed E-state index contributed by atoms with van der Waals surface area (Å²) in [6, 6.07) is 17.0. The van der Waals surface area contributed by atoms with Crippen molar-refractivity contribution >= 4 is 16.7 Å². The molecule has 128 valence electrons. The third-order valence-electron chi connectivity index (χ3n) is 4.05. The lowest BCUT2D eigenvalue weighted by Gasteiger charge is -2.13. The number of fused-ring (bicyclic) bond motifs is 1. The molecule has 0 fully saturated rings.